The van der Waals surface area contributed by atoms with Crippen molar-refractivity contribution in [1.29, 1.82) is 0 Å². The summed E-state index contributed by atoms with van der Waals surface area (Å²) in [7, 11) is 0. The topological polar surface area (TPSA) is 12.5 Å². The van der Waals surface area contributed by atoms with Gasteiger partial charge in [0.15, 0.2) is 0 Å². The van der Waals surface area contributed by atoms with Gasteiger partial charge in [-0.25, -0.2) is 0 Å². The van der Waals surface area contributed by atoms with E-state index in [1.807, 2.05) is 0 Å². The van der Waals surface area contributed by atoms with Gasteiger partial charge in [0.05, 0.1) is 0 Å². The van der Waals surface area contributed by atoms with Gasteiger partial charge in [-0.2, -0.15) is 0 Å². The van der Waals surface area contributed by atoms with Crippen LogP contribution in [0.2, 0.25) is 0 Å². The highest BCUT2D eigenvalue weighted by atomic mass is 16.5. The van der Waals surface area contributed by atoms with E-state index in [0.717, 1.165) is 25.3 Å². The first kappa shape index (κ1) is 11.7. The molecule has 0 amide bonds. The Balaban J connectivity index is 1.63. The van der Waals surface area contributed by atoms with Gasteiger partial charge in [-0.3, -0.25) is 4.90 Å². The highest BCUT2D eigenvalue weighted by Crippen LogP contribution is 2.12. The van der Waals surface area contributed by atoms with Gasteiger partial charge in [-0.05, 0) is 50.9 Å². The maximum absolute atomic E-state index is 5.76. The summed E-state index contributed by atoms with van der Waals surface area (Å²) in [4.78, 5) is 2.54. The Labute approximate surface area is 99.0 Å². The van der Waals surface area contributed by atoms with Gasteiger partial charge in [0.25, 0.3) is 0 Å². The van der Waals surface area contributed by atoms with Crippen molar-refractivity contribution in [3.05, 3.63) is 24.0 Å². The third-order valence-electron chi connectivity index (χ3n) is 3.34. The van der Waals surface area contributed by atoms with E-state index in [0.29, 0.717) is 0 Å². The SMILES string of the molecule is C1=CC(OCCN2CCCCCC2)=CCC1. The average Bonchev–Trinajstić information content (AvgIpc) is 2.59. The Kier molecular flexibility index (Phi) is 4.94. The fraction of sp³-hybridized carbons (Fsp3) is 0.714. The van der Waals surface area contributed by atoms with E-state index in [1.54, 1.807) is 0 Å². The zero-order valence-electron chi connectivity index (χ0n) is 10.2. The Morgan fingerprint density at radius 2 is 1.88 bits per heavy atom. The number of likely N-dealkylation sites (tertiary alicyclic amines) is 1. The van der Waals surface area contributed by atoms with Crippen molar-refractivity contribution in [1.82, 2.24) is 4.90 Å². The molecule has 0 N–H and O–H groups in total. The number of hydrogen-bond acceptors (Lipinski definition) is 2. The van der Waals surface area contributed by atoms with Gasteiger partial charge < -0.3 is 4.74 Å². The molecule has 2 rings (SSSR count). The minimum Gasteiger partial charge on any atom is -0.493 e. The molecule has 2 aliphatic rings. The second-order valence-electron chi connectivity index (χ2n) is 4.69. The summed E-state index contributed by atoms with van der Waals surface area (Å²) in [6.07, 6.45) is 14.3. The van der Waals surface area contributed by atoms with Gasteiger partial charge in [-0.1, -0.05) is 18.9 Å². The quantitative estimate of drug-likeness (QED) is 0.723. The third-order valence-corrected chi connectivity index (χ3v) is 3.34. The molecule has 0 saturated carbocycles. The van der Waals surface area contributed by atoms with Crippen LogP contribution in [0.25, 0.3) is 0 Å². The molecule has 0 atom stereocenters. The molecular formula is C14H23NO. The summed E-state index contributed by atoms with van der Waals surface area (Å²) in [6, 6.07) is 0. The van der Waals surface area contributed by atoms with Crippen molar-refractivity contribution in [2.75, 3.05) is 26.2 Å². The van der Waals surface area contributed by atoms with Crippen LogP contribution in [0.5, 0.6) is 0 Å². The van der Waals surface area contributed by atoms with Crippen molar-refractivity contribution in [3.8, 4) is 0 Å². The molecule has 0 aromatic heterocycles. The Morgan fingerprint density at radius 3 is 2.56 bits per heavy atom. The smallest absolute Gasteiger partial charge is 0.115 e. The molecule has 1 aliphatic heterocycles. The zero-order chi connectivity index (χ0) is 11.1. The van der Waals surface area contributed by atoms with Crippen LogP contribution in [-0.2, 0) is 4.74 Å². The summed E-state index contributed by atoms with van der Waals surface area (Å²) in [5.41, 5.74) is 0. The molecule has 0 unspecified atom stereocenters. The minimum atomic E-state index is 0.843. The summed E-state index contributed by atoms with van der Waals surface area (Å²) in [5.74, 6) is 1.07. The van der Waals surface area contributed by atoms with Gasteiger partial charge >= 0.3 is 0 Å². The number of nitrogens with zero attached hydrogens (tertiary/aromatic N) is 1. The van der Waals surface area contributed by atoms with Gasteiger partial charge in [0, 0.05) is 6.54 Å². The van der Waals surface area contributed by atoms with Crippen molar-refractivity contribution in [2.45, 2.75) is 38.5 Å². The Hall–Kier alpha value is -0.760. The molecule has 0 spiro atoms. The molecule has 1 aliphatic carbocycles. The van der Waals surface area contributed by atoms with Crippen LogP contribution in [0.15, 0.2) is 24.0 Å². The Bertz CT molecular complexity index is 249. The molecule has 0 radical (unpaired) electrons. The lowest BCUT2D eigenvalue weighted by Crippen LogP contribution is -2.28. The summed E-state index contributed by atoms with van der Waals surface area (Å²) in [6.45, 7) is 4.46. The molecule has 2 nitrogen and oxygen atoms in total. The van der Waals surface area contributed by atoms with Gasteiger partial charge in [-0.15, -0.1) is 0 Å². The molecule has 1 fully saturated rings. The summed E-state index contributed by atoms with van der Waals surface area (Å²) in [5, 5.41) is 0. The van der Waals surface area contributed by atoms with Crippen LogP contribution in [0.1, 0.15) is 38.5 Å². The lowest BCUT2D eigenvalue weighted by molar-refractivity contribution is 0.165. The van der Waals surface area contributed by atoms with E-state index in [1.165, 1.54) is 45.2 Å². The van der Waals surface area contributed by atoms with E-state index in [4.69, 9.17) is 4.74 Å². The molecule has 0 bridgehead atoms. The van der Waals surface area contributed by atoms with E-state index in [9.17, 15) is 0 Å². The first-order chi connectivity index (χ1) is 7.95. The van der Waals surface area contributed by atoms with Crippen molar-refractivity contribution in [2.24, 2.45) is 0 Å². The highest BCUT2D eigenvalue weighted by molar-refractivity contribution is 5.15. The first-order valence-electron chi connectivity index (χ1n) is 6.67. The van der Waals surface area contributed by atoms with Crippen LogP contribution in [-0.4, -0.2) is 31.1 Å². The van der Waals surface area contributed by atoms with Crippen molar-refractivity contribution >= 4 is 0 Å². The number of allylic oxidation sites excluding steroid dienone is 3. The second kappa shape index (κ2) is 6.74. The molecule has 2 heteroatoms. The molecule has 90 valence electrons. The average molecular weight is 221 g/mol. The third kappa shape index (κ3) is 4.01. The number of rotatable bonds is 4. The molecule has 0 aromatic rings. The largest absolute Gasteiger partial charge is 0.493 e. The highest BCUT2D eigenvalue weighted by Gasteiger charge is 2.08. The summed E-state index contributed by atoms with van der Waals surface area (Å²) < 4.78 is 5.76. The molecule has 16 heavy (non-hydrogen) atoms. The van der Waals surface area contributed by atoms with Gasteiger partial charge in [0.2, 0.25) is 0 Å². The molecular weight excluding hydrogens is 198 g/mol. The lowest BCUT2D eigenvalue weighted by atomic mass is 10.2. The van der Waals surface area contributed by atoms with Crippen LogP contribution in [0, 0.1) is 0 Å². The fourth-order valence-corrected chi connectivity index (χ4v) is 2.35. The van der Waals surface area contributed by atoms with Crippen LogP contribution in [0.4, 0.5) is 0 Å². The van der Waals surface area contributed by atoms with E-state index in [-0.39, 0.29) is 0 Å². The van der Waals surface area contributed by atoms with Crippen molar-refractivity contribution < 1.29 is 4.74 Å². The predicted molar refractivity (Wildman–Crippen MR) is 67.3 cm³/mol. The summed E-state index contributed by atoms with van der Waals surface area (Å²) >= 11 is 0. The van der Waals surface area contributed by atoms with E-state index in [2.05, 4.69) is 23.1 Å². The maximum atomic E-state index is 5.76. The number of hydrogen-bond donors (Lipinski definition) is 0. The Morgan fingerprint density at radius 1 is 1.06 bits per heavy atom. The van der Waals surface area contributed by atoms with E-state index >= 15 is 0 Å². The van der Waals surface area contributed by atoms with Crippen LogP contribution < -0.4 is 0 Å². The minimum absolute atomic E-state index is 0.843. The van der Waals surface area contributed by atoms with Crippen molar-refractivity contribution in [3.63, 3.8) is 0 Å². The molecule has 0 aromatic carbocycles. The normalized spacial score (nSPS) is 22.6. The lowest BCUT2D eigenvalue weighted by Gasteiger charge is -2.20. The number of ether oxygens (including phenoxy) is 1. The maximum Gasteiger partial charge on any atom is 0.115 e. The van der Waals surface area contributed by atoms with Crippen LogP contribution in [0.3, 0.4) is 0 Å². The fourth-order valence-electron chi connectivity index (χ4n) is 2.35. The van der Waals surface area contributed by atoms with Gasteiger partial charge in [0.1, 0.15) is 12.4 Å². The molecule has 1 heterocycles. The van der Waals surface area contributed by atoms with Crippen LogP contribution >= 0.6 is 0 Å². The zero-order valence-corrected chi connectivity index (χ0v) is 10.2. The second-order valence-corrected chi connectivity index (χ2v) is 4.69. The predicted octanol–water partition coefficient (Wildman–Crippen LogP) is 3.11. The first-order valence-corrected chi connectivity index (χ1v) is 6.67. The standard InChI is InChI=1S/C14H23NO/c1-2-7-11-15(10-6-1)12-13-16-14-8-4-3-5-9-14/h4,8-9H,1-3,5-7,10-13H2. The molecule has 1 saturated heterocycles. The van der Waals surface area contributed by atoms with E-state index < -0.39 is 0 Å². The monoisotopic (exact) mass is 221 g/mol.